The van der Waals surface area contributed by atoms with Crippen molar-refractivity contribution in [1.29, 1.82) is 0 Å². The number of carbonyl (C=O) groups is 1. The summed E-state index contributed by atoms with van der Waals surface area (Å²) < 4.78 is 10.6. The Balaban J connectivity index is 2.10. The smallest absolute Gasteiger partial charge is 0.224 e. The maximum absolute atomic E-state index is 12.1. The lowest BCUT2D eigenvalue weighted by Crippen LogP contribution is -2.37. The average molecular weight is 278 g/mol. The predicted molar refractivity (Wildman–Crippen MR) is 77.0 cm³/mol. The Hall–Kier alpha value is -1.75. The number of amides is 1. The van der Waals surface area contributed by atoms with Crippen LogP contribution in [0.4, 0.5) is 0 Å². The molecule has 1 fully saturated rings. The van der Waals surface area contributed by atoms with Crippen LogP contribution in [0.15, 0.2) is 18.2 Å². The minimum Gasteiger partial charge on any atom is -0.497 e. The molecule has 1 aromatic carbocycles. The Kier molecular flexibility index (Phi) is 4.84. The van der Waals surface area contributed by atoms with E-state index in [1.807, 2.05) is 18.2 Å². The van der Waals surface area contributed by atoms with E-state index < -0.39 is 0 Å². The molecular weight excluding hydrogens is 256 g/mol. The van der Waals surface area contributed by atoms with Crippen LogP contribution in [0.3, 0.4) is 0 Å². The van der Waals surface area contributed by atoms with Gasteiger partial charge in [0, 0.05) is 12.6 Å². The fourth-order valence-corrected chi connectivity index (χ4v) is 2.14. The van der Waals surface area contributed by atoms with Gasteiger partial charge in [-0.25, -0.2) is 0 Å². The van der Waals surface area contributed by atoms with Crippen molar-refractivity contribution in [3.8, 4) is 11.5 Å². The molecule has 0 heterocycles. The second kappa shape index (κ2) is 6.61. The largest absolute Gasteiger partial charge is 0.497 e. The van der Waals surface area contributed by atoms with Crippen LogP contribution < -0.4 is 20.5 Å². The van der Waals surface area contributed by atoms with E-state index >= 15 is 0 Å². The molecule has 1 aliphatic rings. The van der Waals surface area contributed by atoms with Crippen LogP contribution in [0.1, 0.15) is 18.4 Å². The SMILES string of the molecule is COc1ccc(OC)c(CC(CN)C(=O)NC2CC2)c1. The van der Waals surface area contributed by atoms with Gasteiger partial charge in [-0.1, -0.05) is 0 Å². The molecule has 1 saturated carbocycles. The highest BCUT2D eigenvalue weighted by molar-refractivity contribution is 5.80. The van der Waals surface area contributed by atoms with Gasteiger partial charge in [-0.2, -0.15) is 0 Å². The lowest BCUT2D eigenvalue weighted by molar-refractivity contribution is -0.124. The van der Waals surface area contributed by atoms with Crippen molar-refractivity contribution in [2.75, 3.05) is 20.8 Å². The van der Waals surface area contributed by atoms with E-state index in [1.54, 1.807) is 14.2 Å². The maximum atomic E-state index is 12.1. The highest BCUT2D eigenvalue weighted by Crippen LogP contribution is 2.27. The number of rotatable bonds is 7. The van der Waals surface area contributed by atoms with Crippen LogP contribution >= 0.6 is 0 Å². The molecule has 5 heteroatoms. The van der Waals surface area contributed by atoms with Crippen molar-refractivity contribution >= 4 is 5.91 Å². The number of hydrogen-bond donors (Lipinski definition) is 2. The summed E-state index contributed by atoms with van der Waals surface area (Å²) >= 11 is 0. The summed E-state index contributed by atoms with van der Waals surface area (Å²) in [4.78, 5) is 12.1. The lowest BCUT2D eigenvalue weighted by atomic mass is 9.97. The van der Waals surface area contributed by atoms with Gasteiger partial charge in [0.15, 0.2) is 0 Å². The zero-order chi connectivity index (χ0) is 14.5. The quantitative estimate of drug-likeness (QED) is 0.783. The summed E-state index contributed by atoms with van der Waals surface area (Å²) in [5, 5.41) is 3.00. The Morgan fingerprint density at radius 3 is 2.70 bits per heavy atom. The number of benzene rings is 1. The standard InChI is InChI=1S/C15H22N2O3/c1-19-13-5-6-14(20-2)10(8-13)7-11(9-16)15(18)17-12-3-4-12/h5-6,8,11-12H,3-4,7,9,16H2,1-2H3,(H,17,18). The molecule has 1 aliphatic carbocycles. The van der Waals surface area contributed by atoms with E-state index in [2.05, 4.69) is 5.32 Å². The Bertz CT molecular complexity index is 472. The molecule has 0 radical (unpaired) electrons. The van der Waals surface area contributed by atoms with Crippen molar-refractivity contribution in [3.05, 3.63) is 23.8 Å². The summed E-state index contributed by atoms with van der Waals surface area (Å²) in [6.07, 6.45) is 2.70. The van der Waals surface area contributed by atoms with Crippen molar-refractivity contribution in [3.63, 3.8) is 0 Å². The maximum Gasteiger partial charge on any atom is 0.224 e. The van der Waals surface area contributed by atoms with E-state index in [0.29, 0.717) is 19.0 Å². The van der Waals surface area contributed by atoms with Crippen LogP contribution in [-0.2, 0) is 11.2 Å². The summed E-state index contributed by atoms with van der Waals surface area (Å²) in [6.45, 7) is 0.318. The minimum absolute atomic E-state index is 0.0277. The van der Waals surface area contributed by atoms with Crippen molar-refractivity contribution in [2.24, 2.45) is 11.7 Å². The molecule has 0 bridgehead atoms. The first-order valence-electron chi connectivity index (χ1n) is 6.89. The summed E-state index contributed by atoms with van der Waals surface area (Å²) in [5.74, 6) is 1.29. The van der Waals surface area contributed by atoms with Crippen LogP contribution in [0.25, 0.3) is 0 Å². The van der Waals surface area contributed by atoms with E-state index in [4.69, 9.17) is 15.2 Å². The highest BCUT2D eigenvalue weighted by atomic mass is 16.5. The average Bonchev–Trinajstić information content (AvgIpc) is 3.28. The van der Waals surface area contributed by atoms with Gasteiger partial charge in [-0.05, 0) is 43.0 Å². The number of hydrogen-bond acceptors (Lipinski definition) is 4. The third-order valence-corrected chi connectivity index (χ3v) is 3.53. The second-order valence-electron chi connectivity index (χ2n) is 5.10. The van der Waals surface area contributed by atoms with Crippen LogP contribution in [0.5, 0.6) is 11.5 Å². The first kappa shape index (κ1) is 14.7. The number of nitrogens with one attached hydrogen (secondary N) is 1. The molecule has 1 amide bonds. The Labute approximate surface area is 119 Å². The van der Waals surface area contributed by atoms with Crippen LogP contribution in [0.2, 0.25) is 0 Å². The topological polar surface area (TPSA) is 73.6 Å². The van der Waals surface area contributed by atoms with Crippen molar-refractivity contribution < 1.29 is 14.3 Å². The molecule has 1 atom stereocenters. The molecule has 110 valence electrons. The fraction of sp³-hybridized carbons (Fsp3) is 0.533. The molecule has 0 aromatic heterocycles. The molecule has 1 aromatic rings. The number of methoxy groups -OCH3 is 2. The molecule has 0 spiro atoms. The Morgan fingerprint density at radius 1 is 1.40 bits per heavy atom. The number of carbonyl (C=O) groups excluding carboxylic acids is 1. The van der Waals surface area contributed by atoms with Crippen molar-refractivity contribution in [2.45, 2.75) is 25.3 Å². The van der Waals surface area contributed by atoms with E-state index in [1.165, 1.54) is 0 Å². The third-order valence-electron chi connectivity index (χ3n) is 3.53. The summed E-state index contributed by atoms with van der Waals surface area (Å²) in [6, 6.07) is 5.93. The summed E-state index contributed by atoms with van der Waals surface area (Å²) in [5.41, 5.74) is 6.69. The van der Waals surface area contributed by atoms with Gasteiger partial charge in [-0.15, -0.1) is 0 Å². The fourth-order valence-electron chi connectivity index (χ4n) is 2.14. The van der Waals surface area contributed by atoms with E-state index in [9.17, 15) is 4.79 Å². The molecule has 3 N–H and O–H groups in total. The van der Waals surface area contributed by atoms with Crippen LogP contribution in [0, 0.1) is 5.92 Å². The van der Waals surface area contributed by atoms with Gasteiger partial charge in [-0.3, -0.25) is 4.79 Å². The van der Waals surface area contributed by atoms with Gasteiger partial charge in [0.1, 0.15) is 11.5 Å². The predicted octanol–water partition coefficient (Wildman–Crippen LogP) is 1.10. The molecule has 0 aliphatic heterocycles. The lowest BCUT2D eigenvalue weighted by Gasteiger charge is -2.17. The second-order valence-corrected chi connectivity index (χ2v) is 5.10. The van der Waals surface area contributed by atoms with Gasteiger partial charge >= 0.3 is 0 Å². The van der Waals surface area contributed by atoms with Crippen molar-refractivity contribution in [1.82, 2.24) is 5.32 Å². The minimum atomic E-state index is -0.239. The summed E-state index contributed by atoms with van der Waals surface area (Å²) in [7, 11) is 3.23. The molecule has 2 rings (SSSR count). The molecule has 0 saturated heterocycles. The van der Waals surface area contributed by atoms with E-state index in [-0.39, 0.29) is 11.8 Å². The van der Waals surface area contributed by atoms with E-state index in [0.717, 1.165) is 29.9 Å². The number of nitrogens with two attached hydrogens (primary N) is 1. The normalized spacial score (nSPS) is 15.6. The first-order chi connectivity index (χ1) is 9.67. The molecular formula is C15H22N2O3. The third kappa shape index (κ3) is 3.63. The monoisotopic (exact) mass is 278 g/mol. The zero-order valence-electron chi connectivity index (χ0n) is 12.0. The molecule has 5 nitrogen and oxygen atoms in total. The highest BCUT2D eigenvalue weighted by Gasteiger charge is 2.27. The van der Waals surface area contributed by atoms with Gasteiger partial charge < -0.3 is 20.5 Å². The van der Waals surface area contributed by atoms with Gasteiger partial charge in [0.05, 0.1) is 20.1 Å². The molecule has 1 unspecified atom stereocenters. The van der Waals surface area contributed by atoms with Crippen LogP contribution in [-0.4, -0.2) is 32.7 Å². The molecule has 20 heavy (non-hydrogen) atoms. The zero-order valence-corrected chi connectivity index (χ0v) is 12.0. The first-order valence-corrected chi connectivity index (χ1v) is 6.89. The van der Waals surface area contributed by atoms with Gasteiger partial charge in [0.25, 0.3) is 0 Å². The Morgan fingerprint density at radius 2 is 2.15 bits per heavy atom. The van der Waals surface area contributed by atoms with Gasteiger partial charge in [0.2, 0.25) is 5.91 Å². The number of ether oxygens (including phenoxy) is 2.